The molecule has 0 fully saturated rings. The van der Waals surface area contributed by atoms with Gasteiger partial charge in [-0.2, -0.15) is 0 Å². The van der Waals surface area contributed by atoms with E-state index in [1.54, 1.807) is 6.07 Å². The number of hydrogen-bond acceptors (Lipinski definition) is 2. The lowest BCUT2D eigenvalue weighted by atomic mass is 10.0. The summed E-state index contributed by atoms with van der Waals surface area (Å²) < 4.78 is 5.22. The minimum Gasteiger partial charge on any atom is -0.508 e. The van der Waals surface area contributed by atoms with Crippen LogP contribution in [0, 0.1) is 6.92 Å². The normalized spacial score (nSPS) is 10.2. The number of rotatable bonds is 4. The van der Waals surface area contributed by atoms with Crippen LogP contribution in [0.3, 0.4) is 0 Å². The second-order valence-corrected chi connectivity index (χ2v) is 3.80. The van der Waals surface area contributed by atoms with E-state index in [1.807, 2.05) is 42.5 Å². The Labute approximate surface area is 101 Å². The Balaban J connectivity index is 2.17. The lowest BCUT2D eigenvalue weighted by Gasteiger charge is -2.08. The quantitative estimate of drug-likeness (QED) is 0.869. The standard InChI is InChI=1S/C15H15O2/c1-2-17-14-9-8-13(15(16)11-14)10-12-6-4-3-5-7-12/h3-9,11,16H,1-2,10H2. The molecule has 2 rings (SSSR count). The molecule has 17 heavy (non-hydrogen) atoms. The topological polar surface area (TPSA) is 29.5 Å². The van der Waals surface area contributed by atoms with Gasteiger partial charge in [-0.15, -0.1) is 0 Å². The molecule has 0 unspecified atom stereocenters. The Hall–Kier alpha value is -1.96. The van der Waals surface area contributed by atoms with Crippen LogP contribution in [0.1, 0.15) is 11.1 Å². The van der Waals surface area contributed by atoms with Gasteiger partial charge in [0.2, 0.25) is 0 Å². The number of aromatic hydroxyl groups is 1. The fraction of sp³-hybridized carbons (Fsp3) is 0.133. The maximum Gasteiger partial charge on any atom is 0.122 e. The van der Waals surface area contributed by atoms with E-state index in [0.29, 0.717) is 12.4 Å². The van der Waals surface area contributed by atoms with E-state index in [1.165, 1.54) is 5.56 Å². The van der Waals surface area contributed by atoms with Crippen molar-refractivity contribution in [2.45, 2.75) is 6.42 Å². The first-order chi connectivity index (χ1) is 8.29. The fourth-order valence-electron chi connectivity index (χ4n) is 1.72. The summed E-state index contributed by atoms with van der Waals surface area (Å²) in [6.45, 7) is 3.96. The Morgan fingerprint density at radius 2 is 1.82 bits per heavy atom. The van der Waals surface area contributed by atoms with Gasteiger partial charge in [0.05, 0.1) is 6.61 Å². The molecule has 0 amide bonds. The van der Waals surface area contributed by atoms with Crippen LogP contribution in [-0.4, -0.2) is 11.7 Å². The van der Waals surface area contributed by atoms with Gasteiger partial charge in [-0.25, -0.2) is 0 Å². The van der Waals surface area contributed by atoms with E-state index in [0.717, 1.165) is 12.0 Å². The van der Waals surface area contributed by atoms with E-state index < -0.39 is 0 Å². The Kier molecular flexibility index (Phi) is 3.66. The Morgan fingerprint density at radius 1 is 1.06 bits per heavy atom. The molecule has 0 bridgehead atoms. The third kappa shape index (κ3) is 3.00. The van der Waals surface area contributed by atoms with E-state index in [-0.39, 0.29) is 5.75 Å². The summed E-state index contributed by atoms with van der Waals surface area (Å²) in [4.78, 5) is 0. The molecule has 0 aliphatic carbocycles. The molecule has 2 nitrogen and oxygen atoms in total. The number of benzene rings is 2. The van der Waals surface area contributed by atoms with Crippen molar-refractivity contribution in [1.82, 2.24) is 0 Å². The van der Waals surface area contributed by atoms with E-state index in [2.05, 4.69) is 6.92 Å². The molecular formula is C15H15O2. The summed E-state index contributed by atoms with van der Waals surface area (Å²) >= 11 is 0. The zero-order valence-electron chi connectivity index (χ0n) is 9.60. The molecule has 0 saturated carbocycles. The zero-order valence-corrected chi connectivity index (χ0v) is 9.60. The molecule has 0 saturated heterocycles. The van der Waals surface area contributed by atoms with Crippen LogP contribution in [0.5, 0.6) is 11.5 Å². The van der Waals surface area contributed by atoms with Gasteiger partial charge in [-0.05, 0) is 24.1 Å². The second-order valence-electron chi connectivity index (χ2n) is 3.80. The van der Waals surface area contributed by atoms with Crippen LogP contribution in [0.4, 0.5) is 0 Å². The molecule has 0 aromatic heterocycles. The van der Waals surface area contributed by atoms with Gasteiger partial charge in [0, 0.05) is 12.5 Å². The molecule has 2 heteroatoms. The maximum absolute atomic E-state index is 9.88. The van der Waals surface area contributed by atoms with Gasteiger partial charge in [-0.1, -0.05) is 36.4 Å². The van der Waals surface area contributed by atoms with Gasteiger partial charge < -0.3 is 9.84 Å². The molecule has 0 aliphatic heterocycles. The van der Waals surface area contributed by atoms with Crippen LogP contribution < -0.4 is 4.74 Å². The first kappa shape index (κ1) is 11.5. The van der Waals surface area contributed by atoms with Crippen molar-refractivity contribution in [3.8, 4) is 11.5 Å². The summed E-state index contributed by atoms with van der Waals surface area (Å²) in [5, 5.41) is 9.88. The van der Waals surface area contributed by atoms with Crippen molar-refractivity contribution in [2.24, 2.45) is 0 Å². The van der Waals surface area contributed by atoms with Crippen molar-refractivity contribution < 1.29 is 9.84 Å². The van der Waals surface area contributed by atoms with Gasteiger partial charge >= 0.3 is 0 Å². The highest BCUT2D eigenvalue weighted by molar-refractivity contribution is 5.42. The molecular weight excluding hydrogens is 212 g/mol. The van der Waals surface area contributed by atoms with Crippen molar-refractivity contribution >= 4 is 0 Å². The highest BCUT2D eigenvalue weighted by Crippen LogP contribution is 2.25. The average Bonchev–Trinajstić information content (AvgIpc) is 2.34. The van der Waals surface area contributed by atoms with Crippen LogP contribution in [-0.2, 0) is 6.42 Å². The summed E-state index contributed by atoms with van der Waals surface area (Å²) in [7, 11) is 0. The molecule has 1 N–H and O–H groups in total. The largest absolute Gasteiger partial charge is 0.508 e. The number of phenols is 1. The summed E-state index contributed by atoms with van der Waals surface area (Å²) in [6, 6.07) is 15.4. The molecule has 0 heterocycles. The van der Waals surface area contributed by atoms with Crippen molar-refractivity contribution in [1.29, 1.82) is 0 Å². The molecule has 2 aromatic carbocycles. The summed E-state index contributed by atoms with van der Waals surface area (Å²) in [5.74, 6) is 0.911. The molecule has 87 valence electrons. The first-order valence-electron chi connectivity index (χ1n) is 5.57. The molecule has 2 aromatic rings. The lowest BCUT2D eigenvalue weighted by molar-refractivity contribution is 0.357. The van der Waals surface area contributed by atoms with Crippen molar-refractivity contribution in [3.05, 3.63) is 66.6 Å². The molecule has 0 spiro atoms. The third-order valence-corrected chi connectivity index (χ3v) is 2.56. The van der Waals surface area contributed by atoms with E-state index in [9.17, 15) is 5.11 Å². The van der Waals surface area contributed by atoms with Crippen molar-refractivity contribution in [2.75, 3.05) is 6.61 Å². The third-order valence-electron chi connectivity index (χ3n) is 2.56. The summed E-state index contributed by atoms with van der Waals surface area (Å²) in [6.07, 6.45) is 0.720. The Bertz CT molecular complexity index is 478. The monoisotopic (exact) mass is 227 g/mol. The minimum atomic E-state index is 0.264. The predicted octanol–water partition coefficient (Wildman–Crippen LogP) is 3.20. The van der Waals surface area contributed by atoms with Gasteiger partial charge in [0.25, 0.3) is 0 Å². The van der Waals surface area contributed by atoms with Crippen molar-refractivity contribution in [3.63, 3.8) is 0 Å². The molecule has 0 aliphatic rings. The van der Waals surface area contributed by atoms with Gasteiger partial charge in [-0.3, -0.25) is 0 Å². The van der Waals surface area contributed by atoms with E-state index in [4.69, 9.17) is 4.74 Å². The minimum absolute atomic E-state index is 0.264. The maximum atomic E-state index is 9.88. The Morgan fingerprint density at radius 3 is 2.47 bits per heavy atom. The SMILES string of the molecule is [CH2]COc1ccc(Cc2ccccc2)c(O)c1. The molecule has 1 radical (unpaired) electrons. The highest BCUT2D eigenvalue weighted by atomic mass is 16.5. The lowest BCUT2D eigenvalue weighted by Crippen LogP contribution is -1.93. The number of phenolic OH excluding ortho intramolecular Hbond substituents is 1. The van der Waals surface area contributed by atoms with Crippen LogP contribution in [0.2, 0.25) is 0 Å². The van der Waals surface area contributed by atoms with Gasteiger partial charge in [0.15, 0.2) is 0 Å². The average molecular weight is 227 g/mol. The van der Waals surface area contributed by atoms with Crippen LogP contribution >= 0.6 is 0 Å². The van der Waals surface area contributed by atoms with Crippen LogP contribution in [0.25, 0.3) is 0 Å². The fourth-order valence-corrected chi connectivity index (χ4v) is 1.72. The zero-order chi connectivity index (χ0) is 12.1. The van der Waals surface area contributed by atoms with Crippen LogP contribution in [0.15, 0.2) is 48.5 Å². The van der Waals surface area contributed by atoms with E-state index >= 15 is 0 Å². The summed E-state index contributed by atoms with van der Waals surface area (Å²) in [5.41, 5.74) is 2.07. The number of ether oxygens (including phenoxy) is 1. The first-order valence-corrected chi connectivity index (χ1v) is 5.57. The number of hydrogen-bond donors (Lipinski definition) is 1. The highest BCUT2D eigenvalue weighted by Gasteiger charge is 2.04. The second kappa shape index (κ2) is 5.39. The predicted molar refractivity (Wildman–Crippen MR) is 68.2 cm³/mol. The molecule has 0 atom stereocenters. The van der Waals surface area contributed by atoms with Gasteiger partial charge in [0.1, 0.15) is 11.5 Å². The smallest absolute Gasteiger partial charge is 0.122 e.